The summed E-state index contributed by atoms with van der Waals surface area (Å²) >= 11 is 1.20. The molecule has 3 aromatic carbocycles. The zero-order valence-electron chi connectivity index (χ0n) is 20.9. The molecular weight excluding hydrogens is 526 g/mol. The number of hydrogen-bond donors (Lipinski definition) is 1. The zero-order valence-corrected chi connectivity index (χ0v) is 22.6. The second kappa shape index (κ2) is 12.1. The molecule has 0 atom stereocenters. The zero-order chi connectivity index (χ0) is 27.1. The highest BCUT2D eigenvalue weighted by molar-refractivity contribution is 7.90. The van der Waals surface area contributed by atoms with Crippen molar-refractivity contribution in [2.75, 3.05) is 20.3 Å². The number of hydrogen-bond acceptors (Lipinski definition) is 7. The Balaban J connectivity index is 1.76. The molecule has 4 aromatic rings. The van der Waals surface area contributed by atoms with Crippen molar-refractivity contribution in [3.8, 4) is 0 Å². The van der Waals surface area contributed by atoms with Crippen molar-refractivity contribution in [1.29, 1.82) is 0 Å². The Labute approximate surface area is 224 Å². The highest BCUT2D eigenvalue weighted by Crippen LogP contribution is 2.21. The van der Waals surface area contributed by atoms with Crippen LogP contribution in [0.3, 0.4) is 0 Å². The molecular formula is C27H27N3O6S2. The molecule has 0 spiro atoms. The van der Waals surface area contributed by atoms with Crippen LogP contribution in [-0.4, -0.2) is 45.3 Å². The van der Waals surface area contributed by atoms with E-state index in [1.54, 1.807) is 17.6 Å². The number of nitrogens with one attached hydrogen (secondary N) is 1. The normalized spacial score (nSPS) is 11.9. The molecule has 0 saturated heterocycles. The molecule has 1 amide bonds. The van der Waals surface area contributed by atoms with E-state index in [1.807, 2.05) is 48.7 Å². The molecule has 0 saturated carbocycles. The van der Waals surface area contributed by atoms with E-state index >= 15 is 0 Å². The number of benzene rings is 3. The number of ether oxygens (including phenoxy) is 2. The van der Waals surface area contributed by atoms with Gasteiger partial charge in [-0.05, 0) is 35.4 Å². The number of nitrogens with zero attached hydrogens (tertiary/aromatic N) is 2. The Morgan fingerprint density at radius 2 is 1.76 bits per heavy atom. The van der Waals surface area contributed by atoms with Crippen molar-refractivity contribution in [1.82, 2.24) is 9.88 Å². The first kappa shape index (κ1) is 27.1. The highest BCUT2D eigenvalue weighted by Gasteiger charge is 2.23. The van der Waals surface area contributed by atoms with Gasteiger partial charge in [0.1, 0.15) is 4.90 Å². The fourth-order valence-corrected chi connectivity index (χ4v) is 6.32. The molecule has 0 bridgehead atoms. The molecule has 0 unspecified atom stereocenters. The molecule has 0 aliphatic carbocycles. The number of thiazole rings is 1. The molecule has 198 valence electrons. The Bertz CT molecular complexity index is 1630. The Hall–Kier alpha value is -3.96. The summed E-state index contributed by atoms with van der Waals surface area (Å²) in [5.41, 5.74) is 0.903. The minimum Gasteiger partial charge on any atom is -0.465 e. The van der Waals surface area contributed by atoms with Gasteiger partial charge in [-0.15, -0.1) is 15.7 Å². The summed E-state index contributed by atoms with van der Waals surface area (Å²) in [5.74, 6) is -0.764. The minimum absolute atomic E-state index is 0.0882. The molecule has 0 fully saturated rings. The lowest BCUT2D eigenvalue weighted by Crippen LogP contribution is -2.26. The first-order chi connectivity index (χ1) is 18.3. The van der Waals surface area contributed by atoms with Gasteiger partial charge in [-0.25, -0.2) is 9.59 Å². The van der Waals surface area contributed by atoms with Crippen molar-refractivity contribution < 1.29 is 27.5 Å². The van der Waals surface area contributed by atoms with Crippen molar-refractivity contribution in [2.24, 2.45) is 4.40 Å². The summed E-state index contributed by atoms with van der Waals surface area (Å²) in [6.07, 6.45) is 1.77. The molecule has 0 aliphatic heterocycles. The summed E-state index contributed by atoms with van der Waals surface area (Å²) in [6.45, 7) is 2.67. The van der Waals surface area contributed by atoms with Crippen LogP contribution < -0.4 is 10.1 Å². The van der Waals surface area contributed by atoms with E-state index in [-0.39, 0.29) is 21.9 Å². The third kappa shape index (κ3) is 6.29. The number of aromatic nitrogens is 1. The Morgan fingerprint density at radius 1 is 1.03 bits per heavy atom. The molecule has 4 rings (SSSR count). The standard InChI is InChI=1S/C27H27N3O6S2/c1-3-36-27(32)28-16-15-21-18-30(17-20-11-8-10-19-9-4-5-12-22(19)20)26(37-21)29-38(33,34)24-14-7-6-13-23(24)25(31)35-2/h4-14,18H,3,15-17H2,1-2H3,(H,28,32)/b29-26-. The van der Waals surface area contributed by atoms with Gasteiger partial charge in [0.05, 0.1) is 25.8 Å². The lowest BCUT2D eigenvalue weighted by molar-refractivity contribution is 0.0596. The van der Waals surface area contributed by atoms with Crippen molar-refractivity contribution in [2.45, 2.75) is 24.8 Å². The van der Waals surface area contributed by atoms with Crippen LogP contribution in [0, 0.1) is 0 Å². The first-order valence-electron chi connectivity index (χ1n) is 11.9. The van der Waals surface area contributed by atoms with E-state index in [2.05, 4.69) is 9.71 Å². The van der Waals surface area contributed by atoms with Gasteiger partial charge < -0.3 is 19.4 Å². The maximum Gasteiger partial charge on any atom is 0.407 e. The number of methoxy groups -OCH3 is 1. The van der Waals surface area contributed by atoms with Crippen LogP contribution >= 0.6 is 11.3 Å². The SMILES string of the molecule is CCOC(=O)NCCc1cn(Cc2cccc3ccccc23)/c(=N/S(=O)(=O)c2ccccc2C(=O)OC)s1. The number of carbonyl (C=O) groups is 2. The molecule has 9 nitrogen and oxygen atoms in total. The smallest absolute Gasteiger partial charge is 0.407 e. The summed E-state index contributed by atoms with van der Waals surface area (Å²) in [6, 6.07) is 19.7. The van der Waals surface area contributed by atoms with Crippen LogP contribution in [0.4, 0.5) is 4.79 Å². The van der Waals surface area contributed by atoms with E-state index in [1.165, 1.54) is 36.6 Å². The van der Waals surface area contributed by atoms with Crippen LogP contribution in [0.1, 0.15) is 27.7 Å². The Morgan fingerprint density at radius 3 is 2.55 bits per heavy atom. The quantitative estimate of drug-likeness (QED) is 0.312. The summed E-state index contributed by atoms with van der Waals surface area (Å²) in [4.78, 5) is 24.7. The van der Waals surface area contributed by atoms with Gasteiger partial charge in [0, 0.05) is 24.0 Å². The number of fused-ring (bicyclic) bond motifs is 1. The number of esters is 1. The van der Waals surface area contributed by atoms with Gasteiger partial charge in [-0.2, -0.15) is 8.42 Å². The first-order valence-corrected chi connectivity index (χ1v) is 14.1. The van der Waals surface area contributed by atoms with Crippen molar-refractivity contribution >= 4 is 44.2 Å². The third-order valence-corrected chi connectivity index (χ3v) is 8.19. The van der Waals surface area contributed by atoms with E-state index in [0.29, 0.717) is 19.5 Å². The summed E-state index contributed by atoms with van der Waals surface area (Å²) < 4.78 is 42.3. The molecule has 1 N–H and O–H groups in total. The van der Waals surface area contributed by atoms with E-state index in [0.717, 1.165) is 21.2 Å². The second-order valence-electron chi connectivity index (χ2n) is 8.20. The van der Waals surface area contributed by atoms with Crippen molar-refractivity contribution in [3.63, 3.8) is 0 Å². The average Bonchev–Trinajstić information content (AvgIpc) is 3.28. The number of carbonyl (C=O) groups excluding carboxylic acids is 2. The van der Waals surface area contributed by atoms with E-state index in [4.69, 9.17) is 9.47 Å². The van der Waals surface area contributed by atoms with E-state index < -0.39 is 22.1 Å². The molecule has 0 radical (unpaired) electrons. The molecule has 1 aromatic heterocycles. The van der Waals surface area contributed by atoms with Crippen LogP contribution in [0.15, 0.2) is 82.2 Å². The fraction of sp³-hybridized carbons (Fsp3) is 0.222. The van der Waals surface area contributed by atoms with Gasteiger partial charge in [-0.1, -0.05) is 54.6 Å². The van der Waals surface area contributed by atoms with Gasteiger partial charge >= 0.3 is 12.1 Å². The summed E-state index contributed by atoms with van der Waals surface area (Å²) in [7, 11) is -3.07. The predicted molar refractivity (Wildman–Crippen MR) is 145 cm³/mol. The minimum atomic E-state index is -4.26. The molecule has 1 heterocycles. The number of rotatable bonds is 9. The topological polar surface area (TPSA) is 116 Å². The van der Waals surface area contributed by atoms with Crippen LogP contribution in [0.5, 0.6) is 0 Å². The predicted octanol–water partition coefficient (Wildman–Crippen LogP) is 4.12. The third-order valence-electron chi connectivity index (χ3n) is 5.67. The maximum absolute atomic E-state index is 13.4. The lowest BCUT2D eigenvalue weighted by Gasteiger charge is -2.08. The maximum atomic E-state index is 13.4. The number of sulfonamides is 1. The van der Waals surface area contributed by atoms with Gasteiger partial charge in [-0.3, -0.25) is 0 Å². The second-order valence-corrected chi connectivity index (χ2v) is 10.9. The largest absolute Gasteiger partial charge is 0.465 e. The molecule has 0 aliphatic rings. The van der Waals surface area contributed by atoms with Crippen LogP contribution in [-0.2, 0) is 32.5 Å². The fourth-order valence-electron chi connectivity index (χ4n) is 3.94. The monoisotopic (exact) mass is 553 g/mol. The van der Waals surface area contributed by atoms with Crippen LogP contribution in [0.25, 0.3) is 10.8 Å². The molecule has 11 heteroatoms. The van der Waals surface area contributed by atoms with Crippen LogP contribution in [0.2, 0.25) is 0 Å². The van der Waals surface area contributed by atoms with Gasteiger partial charge in [0.15, 0.2) is 0 Å². The number of alkyl carbamates (subject to hydrolysis) is 1. The Kier molecular flexibility index (Phi) is 8.59. The van der Waals surface area contributed by atoms with E-state index in [9.17, 15) is 18.0 Å². The van der Waals surface area contributed by atoms with Gasteiger partial charge in [0.2, 0.25) is 4.80 Å². The average molecular weight is 554 g/mol. The highest BCUT2D eigenvalue weighted by atomic mass is 32.2. The van der Waals surface area contributed by atoms with Crippen molar-refractivity contribution in [3.05, 3.63) is 93.7 Å². The molecule has 38 heavy (non-hydrogen) atoms. The number of amides is 1. The summed E-state index contributed by atoms with van der Waals surface area (Å²) in [5, 5.41) is 4.78. The van der Waals surface area contributed by atoms with Gasteiger partial charge in [0.25, 0.3) is 10.0 Å². The lowest BCUT2D eigenvalue weighted by atomic mass is 10.0.